The standard InChI is InChI=1S/C14H18F2N2.2ClH/c1-2-4-13(18-9-7-17-8-10-18)11-5-3-6-12(15)14(11)16;;/h2-3,5-6,13,17H,1,4,7-10H2;2*1H/t13-;;/m0../s1. The van der Waals surface area contributed by atoms with E-state index in [-0.39, 0.29) is 30.9 Å². The zero-order chi connectivity index (χ0) is 13.0. The lowest BCUT2D eigenvalue weighted by Crippen LogP contribution is -2.45. The summed E-state index contributed by atoms with van der Waals surface area (Å²) >= 11 is 0. The SMILES string of the molecule is C=CC[C@@H](c1cccc(F)c1F)N1CCNCC1.Cl.Cl. The average molecular weight is 325 g/mol. The van der Waals surface area contributed by atoms with Gasteiger partial charge < -0.3 is 5.32 Å². The van der Waals surface area contributed by atoms with Gasteiger partial charge in [0, 0.05) is 37.8 Å². The Hall–Kier alpha value is -0.680. The van der Waals surface area contributed by atoms with Gasteiger partial charge in [0.15, 0.2) is 11.6 Å². The van der Waals surface area contributed by atoms with E-state index in [9.17, 15) is 8.78 Å². The van der Waals surface area contributed by atoms with Crippen molar-refractivity contribution in [2.45, 2.75) is 12.5 Å². The van der Waals surface area contributed by atoms with E-state index < -0.39 is 11.6 Å². The number of nitrogens with zero attached hydrogens (tertiary/aromatic N) is 1. The molecule has 1 fully saturated rings. The largest absolute Gasteiger partial charge is 0.314 e. The third-order valence-corrected chi connectivity index (χ3v) is 3.32. The zero-order valence-electron chi connectivity index (χ0n) is 11.1. The fourth-order valence-electron chi connectivity index (χ4n) is 2.40. The van der Waals surface area contributed by atoms with Crippen molar-refractivity contribution in [1.29, 1.82) is 0 Å². The topological polar surface area (TPSA) is 15.3 Å². The smallest absolute Gasteiger partial charge is 0.163 e. The van der Waals surface area contributed by atoms with E-state index in [1.807, 2.05) is 0 Å². The Labute approximate surface area is 131 Å². The maximum absolute atomic E-state index is 13.9. The van der Waals surface area contributed by atoms with Gasteiger partial charge in [-0.15, -0.1) is 31.4 Å². The van der Waals surface area contributed by atoms with Gasteiger partial charge in [-0.2, -0.15) is 0 Å². The van der Waals surface area contributed by atoms with Crippen LogP contribution in [0.4, 0.5) is 8.78 Å². The Balaban J connectivity index is 0.00000180. The van der Waals surface area contributed by atoms with Gasteiger partial charge in [-0.3, -0.25) is 4.90 Å². The summed E-state index contributed by atoms with van der Waals surface area (Å²) < 4.78 is 27.2. The molecule has 0 bridgehead atoms. The molecule has 1 aliphatic rings. The second kappa shape index (κ2) is 9.29. The van der Waals surface area contributed by atoms with Crippen molar-refractivity contribution in [3.63, 3.8) is 0 Å². The minimum atomic E-state index is -0.781. The highest BCUT2D eigenvalue weighted by Gasteiger charge is 2.24. The van der Waals surface area contributed by atoms with Crippen LogP contribution in [0.3, 0.4) is 0 Å². The molecular weight excluding hydrogens is 305 g/mol. The molecule has 6 heteroatoms. The first-order chi connectivity index (χ1) is 8.74. The molecule has 0 spiro atoms. The van der Waals surface area contributed by atoms with Crippen LogP contribution in [-0.2, 0) is 0 Å². The molecule has 114 valence electrons. The number of rotatable bonds is 4. The third-order valence-electron chi connectivity index (χ3n) is 3.32. The highest BCUT2D eigenvalue weighted by Crippen LogP contribution is 2.28. The number of nitrogens with one attached hydrogen (secondary N) is 1. The predicted molar refractivity (Wildman–Crippen MR) is 82.9 cm³/mol. The van der Waals surface area contributed by atoms with Crippen molar-refractivity contribution >= 4 is 24.8 Å². The Morgan fingerprint density at radius 2 is 1.90 bits per heavy atom. The number of hydrogen-bond acceptors (Lipinski definition) is 2. The summed E-state index contributed by atoms with van der Waals surface area (Å²) in [6.45, 7) is 7.16. The Morgan fingerprint density at radius 3 is 2.50 bits per heavy atom. The van der Waals surface area contributed by atoms with Crippen LogP contribution in [0.15, 0.2) is 30.9 Å². The van der Waals surface area contributed by atoms with E-state index in [4.69, 9.17) is 0 Å². The Kier molecular flexibility index (Phi) is 8.98. The van der Waals surface area contributed by atoms with Crippen molar-refractivity contribution in [3.05, 3.63) is 48.1 Å². The molecule has 1 saturated heterocycles. The van der Waals surface area contributed by atoms with Crippen molar-refractivity contribution in [3.8, 4) is 0 Å². The molecule has 0 radical (unpaired) electrons. The maximum atomic E-state index is 13.9. The van der Waals surface area contributed by atoms with Crippen LogP contribution in [0.25, 0.3) is 0 Å². The first-order valence-electron chi connectivity index (χ1n) is 6.23. The monoisotopic (exact) mass is 324 g/mol. The molecule has 0 aliphatic carbocycles. The van der Waals surface area contributed by atoms with Crippen LogP contribution < -0.4 is 5.32 Å². The zero-order valence-corrected chi connectivity index (χ0v) is 12.8. The molecule has 1 aliphatic heterocycles. The summed E-state index contributed by atoms with van der Waals surface area (Å²) in [6, 6.07) is 4.25. The summed E-state index contributed by atoms with van der Waals surface area (Å²) in [6.07, 6.45) is 2.39. The van der Waals surface area contributed by atoms with Crippen molar-refractivity contribution in [2.75, 3.05) is 26.2 Å². The minimum absolute atomic E-state index is 0. The summed E-state index contributed by atoms with van der Waals surface area (Å²) in [4.78, 5) is 2.18. The average Bonchev–Trinajstić information content (AvgIpc) is 2.41. The van der Waals surface area contributed by atoms with Gasteiger partial charge in [0.25, 0.3) is 0 Å². The predicted octanol–water partition coefficient (Wildman–Crippen LogP) is 3.33. The first-order valence-corrected chi connectivity index (χ1v) is 6.23. The lowest BCUT2D eigenvalue weighted by molar-refractivity contribution is 0.170. The molecule has 0 amide bonds. The molecule has 20 heavy (non-hydrogen) atoms. The van der Waals surface area contributed by atoms with Crippen LogP contribution in [0, 0.1) is 11.6 Å². The summed E-state index contributed by atoms with van der Waals surface area (Å²) in [5, 5.41) is 3.25. The van der Waals surface area contributed by atoms with Gasteiger partial charge in [0.05, 0.1) is 0 Å². The summed E-state index contributed by atoms with van der Waals surface area (Å²) in [7, 11) is 0. The number of hydrogen-bond donors (Lipinski definition) is 1. The lowest BCUT2D eigenvalue weighted by atomic mass is 10.0. The van der Waals surface area contributed by atoms with E-state index in [1.54, 1.807) is 18.2 Å². The van der Waals surface area contributed by atoms with Gasteiger partial charge in [-0.05, 0) is 12.5 Å². The quantitative estimate of drug-likeness (QED) is 0.854. The second-order valence-corrected chi connectivity index (χ2v) is 4.47. The number of piperazine rings is 1. The Bertz CT molecular complexity index is 424. The van der Waals surface area contributed by atoms with Crippen LogP contribution in [0.5, 0.6) is 0 Å². The number of benzene rings is 1. The molecule has 1 heterocycles. The van der Waals surface area contributed by atoms with Gasteiger partial charge in [0.1, 0.15) is 0 Å². The second-order valence-electron chi connectivity index (χ2n) is 4.47. The van der Waals surface area contributed by atoms with Gasteiger partial charge in [-0.25, -0.2) is 8.78 Å². The molecule has 0 unspecified atom stereocenters. The van der Waals surface area contributed by atoms with E-state index in [0.29, 0.717) is 12.0 Å². The van der Waals surface area contributed by atoms with Crippen LogP contribution in [0.1, 0.15) is 18.0 Å². The highest BCUT2D eigenvalue weighted by molar-refractivity contribution is 5.85. The molecule has 1 atom stereocenters. The van der Waals surface area contributed by atoms with E-state index in [0.717, 1.165) is 32.2 Å². The number of halogens is 4. The first kappa shape index (κ1) is 19.3. The van der Waals surface area contributed by atoms with Crippen LogP contribution in [-0.4, -0.2) is 31.1 Å². The molecule has 2 nitrogen and oxygen atoms in total. The van der Waals surface area contributed by atoms with Crippen molar-refractivity contribution in [1.82, 2.24) is 10.2 Å². The molecule has 0 aromatic heterocycles. The van der Waals surface area contributed by atoms with E-state index in [1.165, 1.54) is 0 Å². The molecular formula is C14H20Cl2F2N2. The minimum Gasteiger partial charge on any atom is -0.314 e. The molecule has 1 aromatic rings. The van der Waals surface area contributed by atoms with E-state index >= 15 is 0 Å². The van der Waals surface area contributed by atoms with Crippen molar-refractivity contribution in [2.24, 2.45) is 0 Å². The van der Waals surface area contributed by atoms with E-state index in [2.05, 4.69) is 16.8 Å². The summed E-state index contributed by atoms with van der Waals surface area (Å²) in [5.74, 6) is -1.51. The normalized spacial score (nSPS) is 16.7. The highest BCUT2D eigenvalue weighted by atomic mass is 35.5. The molecule has 2 rings (SSSR count). The van der Waals surface area contributed by atoms with Crippen molar-refractivity contribution < 1.29 is 8.78 Å². The van der Waals surface area contributed by atoms with Gasteiger partial charge in [-0.1, -0.05) is 18.2 Å². The van der Waals surface area contributed by atoms with Gasteiger partial charge >= 0.3 is 0 Å². The summed E-state index contributed by atoms with van der Waals surface area (Å²) in [5.41, 5.74) is 0.428. The molecule has 1 aromatic carbocycles. The fourth-order valence-corrected chi connectivity index (χ4v) is 2.40. The third kappa shape index (κ3) is 4.42. The van der Waals surface area contributed by atoms with Gasteiger partial charge in [0.2, 0.25) is 0 Å². The van der Waals surface area contributed by atoms with Crippen LogP contribution >= 0.6 is 24.8 Å². The van der Waals surface area contributed by atoms with Crippen LogP contribution in [0.2, 0.25) is 0 Å². The lowest BCUT2D eigenvalue weighted by Gasteiger charge is -2.34. The Morgan fingerprint density at radius 1 is 1.25 bits per heavy atom. The fraction of sp³-hybridized carbons (Fsp3) is 0.429. The molecule has 1 N–H and O–H groups in total. The maximum Gasteiger partial charge on any atom is 0.163 e. The molecule has 0 saturated carbocycles.